The van der Waals surface area contributed by atoms with Gasteiger partial charge in [0.1, 0.15) is 5.69 Å². The summed E-state index contributed by atoms with van der Waals surface area (Å²) in [6.07, 6.45) is 1.93. The van der Waals surface area contributed by atoms with Crippen LogP contribution in [0.4, 0.5) is 0 Å². The first kappa shape index (κ1) is 14.3. The molecule has 0 aromatic carbocycles. The Labute approximate surface area is 107 Å². The SMILES string of the molecule is CCOC(=O)CCN(C(=O)c1ccc[nH]1)C(C)C. The van der Waals surface area contributed by atoms with Gasteiger partial charge in [-0.25, -0.2) is 0 Å². The average molecular weight is 252 g/mol. The van der Waals surface area contributed by atoms with Gasteiger partial charge in [-0.3, -0.25) is 9.59 Å². The van der Waals surface area contributed by atoms with Crippen molar-refractivity contribution in [3.05, 3.63) is 24.0 Å². The highest BCUT2D eigenvalue weighted by Crippen LogP contribution is 2.08. The van der Waals surface area contributed by atoms with Crippen molar-refractivity contribution in [3.8, 4) is 0 Å². The lowest BCUT2D eigenvalue weighted by Crippen LogP contribution is -2.38. The lowest BCUT2D eigenvalue weighted by Gasteiger charge is -2.25. The van der Waals surface area contributed by atoms with Gasteiger partial charge in [0, 0.05) is 18.8 Å². The van der Waals surface area contributed by atoms with Gasteiger partial charge in [0.05, 0.1) is 13.0 Å². The summed E-state index contributed by atoms with van der Waals surface area (Å²) >= 11 is 0. The van der Waals surface area contributed by atoms with Crippen LogP contribution in [0.3, 0.4) is 0 Å². The third-order valence-corrected chi connectivity index (χ3v) is 2.57. The molecule has 1 N–H and O–H groups in total. The number of hydrogen-bond acceptors (Lipinski definition) is 3. The second kappa shape index (κ2) is 6.83. The van der Waals surface area contributed by atoms with Crippen LogP contribution < -0.4 is 0 Å². The van der Waals surface area contributed by atoms with Crippen molar-refractivity contribution in [1.29, 1.82) is 0 Å². The van der Waals surface area contributed by atoms with E-state index < -0.39 is 0 Å². The second-order valence-electron chi connectivity index (χ2n) is 4.23. The standard InChI is InChI=1S/C13H20N2O3/c1-4-18-12(16)7-9-15(10(2)3)13(17)11-6-5-8-14-11/h5-6,8,10,14H,4,7,9H2,1-3H3. The summed E-state index contributed by atoms with van der Waals surface area (Å²) in [6, 6.07) is 3.54. The summed E-state index contributed by atoms with van der Waals surface area (Å²) in [5.74, 6) is -0.373. The second-order valence-corrected chi connectivity index (χ2v) is 4.23. The van der Waals surface area contributed by atoms with Gasteiger partial charge in [-0.15, -0.1) is 0 Å². The number of nitrogens with one attached hydrogen (secondary N) is 1. The largest absolute Gasteiger partial charge is 0.466 e. The van der Waals surface area contributed by atoms with Gasteiger partial charge in [-0.05, 0) is 32.9 Å². The van der Waals surface area contributed by atoms with E-state index >= 15 is 0 Å². The molecule has 1 rings (SSSR count). The predicted octanol–water partition coefficient (Wildman–Crippen LogP) is 1.82. The van der Waals surface area contributed by atoms with E-state index in [-0.39, 0.29) is 24.3 Å². The van der Waals surface area contributed by atoms with Crippen LogP contribution in [0.1, 0.15) is 37.7 Å². The zero-order chi connectivity index (χ0) is 13.5. The smallest absolute Gasteiger partial charge is 0.307 e. The number of amides is 1. The first-order valence-corrected chi connectivity index (χ1v) is 6.16. The highest BCUT2D eigenvalue weighted by Gasteiger charge is 2.20. The Balaban J connectivity index is 2.60. The molecular weight excluding hydrogens is 232 g/mol. The Bertz CT molecular complexity index is 385. The molecule has 0 aliphatic carbocycles. The van der Waals surface area contributed by atoms with E-state index in [4.69, 9.17) is 4.74 Å². The first-order valence-electron chi connectivity index (χ1n) is 6.16. The highest BCUT2D eigenvalue weighted by atomic mass is 16.5. The minimum atomic E-state index is -0.276. The minimum Gasteiger partial charge on any atom is -0.466 e. The van der Waals surface area contributed by atoms with Gasteiger partial charge in [-0.1, -0.05) is 0 Å². The molecule has 0 aliphatic heterocycles. The van der Waals surface area contributed by atoms with Crippen molar-refractivity contribution >= 4 is 11.9 Å². The number of carbonyl (C=O) groups excluding carboxylic acids is 2. The molecule has 0 atom stereocenters. The minimum absolute atomic E-state index is 0.0372. The molecule has 5 nitrogen and oxygen atoms in total. The van der Waals surface area contributed by atoms with Crippen LogP contribution in [0.2, 0.25) is 0 Å². The van der Waals surface area contributed by atoms with E-state index in [9.17, 15) is 9.59 Å². The molecule has 0 spiro atoms. The maximum absolute atomic E-state index is 12.2. The molecule has 1 aromatic heterocycles. The Hall–Kier alpha value is -1.78. The summed E-state index contributed by atoms with van der Waals surface area (Å²) in [6.45, 7) is 6.35. The van der Waals surface area contributed by atoms with Gasteiger partial charge >= 0.3 is 5.97 Å². The maximum Gasteiger partial charge on any atom is 0.307 e. The number of aromatic amines is 1. The Morgan fingerprint density at radius 1 is 1.44 bits per heavy atom. The van der Waals surface area contributed by atoms with Crippen molar-refractivity contribution in [2.24, 2.45) is 0 Å². The van der Waals surface area contributed by atoms with Crippen LogP contribution in [-0.2, 0) is 9.53 Å². The summed E-state index contributed by atoms with van der Waals surface area (Å²) in [5.41, 5.74) is 0.535. The summed E-state index contributed by atoms with van der Waals surface area (Å²) < 4.78 is 4.86. The van der Waals surface area contributed by atoms with E-state index in [1.807, 2.05) is 13.8 Å². The van der Waals surface area contributed by atoms with Gasteiger partial charge in [0.25, 0.3) is 5.91 Å². The zero-order valence-corrected chi connectivity index (χ0v) is 11.1. The van der Waals surface area contributed by atoms with Crippen LogP contribution in [0.15, 0.2) is 18.3 Å². The lowest BCUT2D eigenvalue weighted by molar-refractivity contribution is -0.143. The summed E-state index contributed by atoms with van der Waals surface area (Å²) in [4.78, 5) is 28.0. The van der Waals surface area contributed by atoms with E-state index in [1.54, 1.807) is 30.2 Å². The molecule has 0 saturated carbocycles. The topological polar surface area (TPSA) is 62.4 Å². The van der Waals surface area contributed by atoms with E-state index in [1.165, 1.54) is 0 Å². The lowest BCUT2D eigenvalue weighted by atomic mass is 10.2. The normalized spacial score (nSPS) is 10.4. The predicted molar refractivity (Wildman–Crippen MR) is 68.2 cm³/mol. The average Bonchev–Trinajstić information content (AvgIpc) is 2.82. The van der Waals surface area contributed by atoms with Crippen molar-refractivity contribution in [1.82, 2.24) is 9.88 Å². The van der Waals surface area contributed by atoms with Crippen LogP contribution in [0.25, 0.3) is 0 Å². The molecule has 0 fully saturated rings. The number of aromatic nitrogens is 1. The highest BCUT2D eigenvalue weighted by molar-refractivity contribution is 5.92. The fourth-order valence-corrected chi connectivity index (χ4v) is 1.66. The zero-order valence-electron chi connectivity index (χ0n) is 11.1. The van der Waals surface area contributed by atoms with Crippen molar-refractivity contribution in [2.45, 2.75) is 33.2 Å². The van der Waals surface area contributed by atoms with Crippen LogP contribution in [0, 0.1) is 0 Å². The van der Waals surface area contributed by atoms with Crippen LogP contribution in [-0.4, -0.2) is 41.0 Å². The number of ether oxygens (including phenoxy) is 1. The fraction of sp³-hybridized carbons (Fsp3) is 0.538. The Morgan fingerprint density at radius 2 is 2.17 bits per heavy atom. The molecule has 1 aromatic rings. The number of hydrogen-bond donors (Lipinski definition) is 1. The molecule has 100 valence electrons. The van der Waals surface area contributed by atoms with Gasteiger partial charge < -0.3 is 14.6 Å². The monoisotopic (exact) mass is 252 g/mol. The third-order valence-electron chi connectivity index (χ3n) is 2.57. The molecule has 18 heavy (non-hydrogen) atoms. The molecule has 0 unspecified atom stereocenters. The van der Waals surface area contributed by atoms with E-state index in [0.717, 1.165) is 0 Å². The first-order chi connectivity index (χ1) is 8.56. The number of esters is 1. The van der Waals surface area contributed by atoms with Crippen LogP contribution in [0.5, 0.6) is 0 Å². The van der Waals surface area contributed by atoms with Crippen LogP contribution >= 0.6 is 0 Å². The van der Waals surface area contributed by atoms with Gasteiger partial charge in [0.15, 0.2) is 0 Å². The summed E-state index contributed by atoms with van der Waals surface area (Å²) in [7, 11) is 0. The number of H-pyrrole nitrogens is 1. The Kier molecular flexibility index (Phi) is 5.42. The van der Waals surface area contributed by atoms with Crippen molar-refractivity contribution < 1.29 is 14.3 Å². The quantitative estimate of drug-likeness (QED) is 0.785. The summed E-state index contributed by atoms with van der Waals surface area (Å²) in [5, 5.41) is 0. The molecular formula is C13H20N2O3. The van der Waals surface area contributed by atoms with E-state index in [2.05, 4.69) is 4.98 Å². The number of rotatable bonds is 6. The molecule has 5 heteroatoms. The molecule has 0 aliphatic rings. The fourth-order valence-electron chi connectivity index (χ4n) is 1.66. The molecule has 0 saturated heterocycles. The van der Waals surface area contributed by atoms with Crippen molar-refractivity contribution in [2.75, 3.05) is 13.2 Å². The van der Waals surface area contributed by atoms with E-state index in [0.29, 0.717) is 18.8 Å². The molecule has 0 radical (unpaired) electrons. The molecule has 0 bridgehead atoms. The number of nitrogens with zero attached hydrogens (tertiary/aromatic N) is 1. The van der Waals surface area contributed by atoms with Gasteiger partial charge in [0.2, 0.25) is 0 Å². The Morgan fingerprint density at radius 3 is 2.67 bits per heavy atom. The van der Waals surface area contributed by atoms with Gasteiger partial charge in [-0.2, -0.15) is 0 Å². The molecule has 1 heterocycles. The molecule has 1 amide bonds. The van der Waals surface area contributed by atoms with Crippen molar-refractivity contribution in [3.63, 3.8) is 0 Å². The number of carbonyl (C=O) groups is 2. The third kappa shape index (κ3) is 3.91. The maximum atomic E-state index is 12.2.